The van der Waals surface area contributed by atoms with Crippen molar-refractivity contribution in [3.05, 3.63) is 35.9 Å². The minimum Gasteiger partial charge on any atom is -0.339 e. The van der Waals surface area contributed by atoms with Crippen LogP contribution in [0.5, 0.6) is 0 Å². The summed E-state index contributed by atoms with van der Waals surface area (Å²) in [7, 11) is 0. The molecule has 1 aromatic carbocycles. The molecule has 104 valence electrons. The van der Waals surface area contributed by atoms with Gasteiger partial charge in [0, 0.05) is 25.0 Å². The van der Waals surface area contributed by atoms with Gasteiger partial charge < -0.3 is 16.4 Å². The number of nitrogens with zero attached hydrogens (tertiary/aromatic N) is 1. The van der Waals surface area contributed by atoms with Gasteiger partial charge in [-0.25, -0.2) is 0 Å². The van der Waals surface area contributed by atoms with Gasteiger partial charge in [-0.15, -0.1) is 0 Å². The van der Waals surface area contributed by atoms with Gasteiger partial charge in [-0.05, 0) is 11.5 Å². The molecule has 4 heteroatoms. The van der Waals surface area contributed by atoms with Crippen molar-refractivity contribution in [3.8, 4) is 0 Å². The highest BCUT2D eigenvalue weighted by molar-refractivity contribution is 5.82. The van der Waals surface area contributed by atoms with E-state index in [1.807, 2.05) is 36.9 Å². The SMILES string of the molecule is CC(C)[C@H](N)C(=O)N1C[C@@H](N)[C@H](c2ccccc2)C1. The van der Waals surface area contributed by atoms with Gasteiger partial charge in [0.15, 0.2) is 0 Å². The van der Waals surface area contributed by atoms with Gasteiger partial charge in [0.1, 0.15) is 0 Å². The van der Waals surface area contributed by atoms with Crippen LogP contribution in [0.3, 0.4) is 0 Å². The number of hydrogen-bond acceptors (Lipinski definition) is 3. The van der Waals surface area contributed by atoms with Gasteiger partial charge in [-0.2, -0.15) is 0 Å². The predicted octanol–water partition coefficient (Wildman–Crippen LogP) is 0.923. The van der Waals surface area contributed by atoms with E-state index >= 15 is 0 Å². The molecule has 1 aromatic rings. The number of benzene rings is 1. The van der Waals surface area contributed by atoms with Gasteiger partial charge in [-0.1, -0.05) is 44.2 Å². The van der Waals surface area contributed by atoms with Crippen LogP contribution in [0, 0.1) is 5.92 Å². The van der Waals surface area contributed by atoms with Crippen LogP contribution < -0.4 is 11.5 Å². The number of carbonyl (C=O) groups is 1. The van der Waals surface area contributed by atoms with Gasteiger partial charge in [0.2, 0.25) is 5.91 Å². The lowest BCUT2D eigenvalue weighted by Gasteiger charge is -2.23. The van der Waals surface area contributed by atoms with Gasteiger partial charge >= 0.3 is 0 Å². The highest BCUT2D eigenvalue weighted by atomic mass is 16.2. The fourth-order valence-corrected chi connectivity index (χ4v) is 2.56. The van der Waals surface area contributed by atoms with Crippen molar-refractivity contribution in [2.45, 2.75) is 31.8 Å². The summed E-state index contributed by atoms with van der Waals surface area (Å²) in [5.41, 5.74) is 13.3. The van der Waals surface area contributed by atoms with E-state index in [0.29, 0.717) is 13.1 Å². The molecule has 1 heterocycles. The van der Waals surface area contributed by atoms with Crippen LogP contribution in [0.25, 0.3) is 0 Å². The molecule has 0 saturated carbocycles. The Kier molecular flexibility index (Phi) is 4.22. The molecule has 1 fully saturated rings. The van der Waals surface area contributed by atoms with E-state index in [2.05, 4.69) is 12.1 Å². The lowest BCUT2D eigenvalue weighted by Crippen LogP contribution is -2.46. The first-order valence-electron chi connectivity index (χ1n) is 6.85. The first-order chi connectivity index (χ1) is 9.00. The number of hydrogen-bond donors (Lipinski definition) is 2. The molecule has 0 radical (unpaired) electrons. The van der Waals surface area contributed by atoms with Crippen molar-refractivity contribution in [1.82, 2.24) is 4.90 Å². The van der Waals surface area contributed by atoms with Crippen LogP contribution in [0.4, 0.5) is 0 Å². The Hall–Kier alpha value is -1.39. The molecule has 4 N–H and O–H groups in total. The zero-order valence-corrected chi connectivity index (χ0v) is 11.6. The van der Waals surface area contributed by atoms with Gasteiger partial charge in [0.25, 0.3) is 0 Å². The van der Waals surface area contributed by atoms with Gasteiger partial charge in [0.05, 0.1) is 6.04 Å². The molecular formula is C15H23N3O. The monoisotopic (exact) mass is 261 g/mol. The third kappa shape index (κ3) is 2.96. The third-order valence-corrected chi connectivity index (χ3v) is 3.91. The molecule has 0 aromatic heterocycles. The number of amides is 1. The molecule has 19 heavy (non-hydrogen) atoms. The topological polar surface area (TPSA) is 72.4 Å². The Morgan fingerprint density at radius 2 is 1.89 bits per heavy atom. The van der Waals surface area contributed by atoms with E-state index in [9.17, 15) is 4.79 Å². The number of nitrogens with two attached hydrogens (primary N) is 2. The standard InChI is InChI=1S/C15H23N3O/c1-10(2)14(17)15(19)18-8-12(13(16)9-18)11-6-4-3-5-7-11/h3-7,10,12-14H,8-9,16-17H2,1-2H3/t12-,13+,14-/m0/s1. The number of rotatable bonds is 3. The Bertz CT molecular complexity index is 432. The fourth-order valence-electron chi connectivity index (χ4n) is 2.56. The van der Waals surface area contributed by atoms with Crippen LogP contribution in [-0.4, -0.2) is 36.0 Å². The molecule has 3 atom stereocenters. The predicted molar refractivity (Wildman–Crippen MR) is 76.6 cm³/mol. The van der Waals surface area contributed by atoms with E-state index in [-0.39, 0.29) is 23.8 Å². The molecule has 1 aliphatic rings. The van der Waals surface area contributed by atoms with Crippen molar-refractivity contribution >= 4 is 5.91 Å². The normalized spacial score (nSPS) is 24.8. The van der Waals surface area contributed by atoms with Crippen LogP contribution in [-0.2, 0) is 4.79 Å². The van der Waals surface area contributed by atoms with E-state index in [1.165, 1.54) is 5.56 Å². The molecule has 0 bridgehead atoms. The van der Waals surface area contributed by atoms with Crippen LogP contribution >= 0.6 is 0 Å². The molecular weight excluding hydrogens is 238 g/mol. The summed E-state index contributed by atoms with van der Waals surface area (Å²) in [5.74, 6) is 0.382. The quantitative estimate of drug-likeness (QED) is 0.850. The van der Waals surface area contributed by atoms with Crippen molar-refractivity contribution < 1.29 is 4.79 Å². The zero-order chi connectivity index (χ0) is 14.0. The molecule has 2 rings (SSSR count). The fraction of sp³-hybridized carbons (Fsp3) is 0.533. The highest BCUT2D eigenvalue weighted by Gasteiger charge is 2.35. The Balaban J connectivity index is 2.08. The molecule has 0 aliphatic carbocycles. The zero-order valence-electron chi connectivity index (χ0n) is 11.6. The van der Waals surface area contributed by atoms with Crippen molar-refractivity contribution in [2.75, 3.05) is 13.1 Å². The Labute approximate surface area is 114 Å². The summed E-state index contributed by atoms with van der Waals surface area (Å²) in [6, 6.07) is 9.70. The second kappa shape index (κ2) is 5.72. The van der Waals surface area contributed by atoms with E-state index in [1.54, 1.807) is 0 Å². The number of carbonyl (C=O) groups excluding carboxylic acids is 1. The average molecular weight is 261 g/mol. The number of likely N-dealkylation sites (tertiary alicyclic amines) is 1. The molecule has 0 spiro atoms. The summed E-state index contributed by atoms with van der Waals surface area (Å²) >= 11 is 0. The maximum absolute atomic E-state index is 12.3. The molecule has 1 amide bonds. The van der Waals surface area contributed by atoms with E-state index in [4.69, 9.17) is 11.5 Å². The third-order valence-electron chi connectivity index (χ3n) is 3.91. The van der Waals surface area contributed by atoms with Gasteiger partial charge in [-0.3, -0.25) is 4.79 Å². The molecule has 4 nitrogen and oxygen atoms in total. The Morgan fingerprint density at radius 3 is 2.47 bits per heavy atom. The molecule has 1 aliphatic heterocycles. The summed E-state index contributed by atoms with van der Waals surface area (Å²) in [6.45, 7) is 5.20. The van der Waals surface area contributed by atoms with Crippen molar-refractivity contribution in [1.29, 1.82) is 0 Å². The van der Waals surface area contributed by atoms with E-state index in [0.717, 1.165) is 0 Å². The smallest absolute Gasteiger partial charge is 0.239 e. The minimum atomic E-state index is -0.429. The lowest BCUT2D eigenvalue weighted by atomic mass is 9.95. The summed E-state index contributed by atoms with van der Waals surface area (Å²) in [5, 5.41) is 0. The Morgan fingerprint density at radius 1 is 1.26 bits per heavy atom. The maximum atomic E-state index is 12.3. The van der Waals surface area contributed by atoms with Crippen LogP contribution in [0.2, 0.25) is 0 Å². The summed E-state index contributed by atoms with van der Waals surface area (Å²) in [4.78, 5) is 14.1. The van der Waals surface area contributed by atoms with Crippen LogP contribution in [0.1, 0.15) is 25.3 Å². The maximum Gasteiger partial charge on any atom is 0.239 e. The lowest BCUT2D eigenvalue weighted by molar-refractivity contribution is -0.132. The molecule has 0 unspecified atom stereocenters. The van der Waals surface area contributed by atoms with Crippen molar-refractivity contribution in [2.24, 2.45) is 17.4 Å². The minimum absolute atomic E-state index is 0.00860. The van der Waals surface area contributed by atoms with Crippen molar-refractivity contribution in [3.63, 3.8) is 0 Å². The highest BCUT2D eigenvalue weighted by Crippen LogP contribution is 2.26. The first-order valence-corrected chi connectivity index (χ1v) is 6.85. The average Bonchev–Trinajstić information content (AvgIpc) is 2.80. The van der Waals surface area contributed by atoms with E-state index < -0.39 is 6.04 Å². The second-order valence-electron chi connectivity index (χ2n) is 5.69. The summed E-state index contributed by atoms with van der Waals surface area (Å²) in [6.07, 6.45) is 0. The van der Waals surface area contributed by atoms with Crippen LogP contribution in [0.15, 0.2) is 30.3 Å². The first kappa shape index (κ1) is 14.0. The largest absolute Gasteiger partial charge is 0.339 e. The molecule has 1 saturated heterocycles. The summed E-state index contributed by atoms with van der Waals surface area (Å²) < 4.78 is 0. The second-order valence-corrected chi connectivity index (χ2v) is 5.69.